The second-order valence-corrected chi connectivity index (χ2v) is 5.81. The van der Waals surface area contributed by atoms with Crippen LogP contribution >= 0.6 is 0 Å². The van der Waals surface area contributed by atoms with E-state index in [2.05, 4.69) is 5.32 Å². The van der Waals surface area contributed by atoms with E-state index in [0.29, 0.717) is 31.2 Å². The molecule has 1 fully saturated rings. The Morgan fingerprint density at radius 1 is 1.35 bits per heavy atom. The van der Waals surface area contributed by atoms with Crippen LogP contribution in [-0.2, 0) is 9.47 Å². The predicted molar refractivity (Wildman–Crippen MR) is 84.8 cm³/mol. The molecule has 1 amide bonds. The van der Waals surface area contributed by atoms with Gasteiger partial charge in [-0.3, -0.25) is 4.79 Å². The van der Waals surface area contributed by atoms with E-state index in [4.69, 9.17) is 14.6 Å². The van der Waals surface area contributed by atoms with Crippen molar-refractivity contribution in [1.29, 1.82) is 0 Å². The maximum atomic E-state index is 12.1. The summed E-state index contributed by atoms with van der Waals surface area (Å²) in [5.74, 6) is -0.807. The fraction of sp³-hybridized carbons (Fsp3) is 0.529. The number of aromatic carboxylic acids is 1. The van der Waals surface area contributed by atoms with E-state index >= 15 is 0 Å². The van der Waals surface area contributed by atoms with Crippen molar-refractivity contribution in [3.8, 4) is 0 Å². The highest BCUT2D eigenvalue weighted by Crippen LogP contribution is 2.12. The first-order valence-corrected chi connectivity index (χ1v) is 7.85. The van der Waals surface area contributed by atoms with Crippen LogP contribution < -0.4 is 5.32 Å². The highest BCUT2D eigenvalue weighted by Gasteiger charge is 2.15. The molecule has 1 saturated heterocycles. The zero-order valence-electron chi connectivity index (χ0n) is 13.3. The van der Waals surface area contributed by atoms with Crippen molar-refractivity contribution in [1.82, 2.24) is 5.32 Å². The van der Waals surface area contributed by atoms with Crippen molar-refractivity contribution in [2.75, 3.05) is 33.0 Å². The Bertz CT molecular complexity index is 552. The van der Waals surface area contributed by atoms with Gasteiger partial charge in [0.1, 0.15) is 0 Å². The quantitative estimate of drug-likeness (QED) is 0.714. The maximum Gasteiger partial charge on any atom is 0.335 e. The number of carbonyl (C=O) groups excluding carboxylic acids is 1. The summed E-state index contributed by atoms with van der Waals surface area (Å²) < 4.78 is 10.8. The Kier molecular flexibility index (Phi) is 6.55. The number of carbonyl (C=O) groups is 2. The Balaban J connectivity index is 1.69. The van der Waals surface area contributed by atoms with Gasteiger partial charge in [-0.1, -0.05) is 0 Å². The highest BCUT2D eigenvalue weighted by molar-refractivity contribution is 5.97. The third-order valence-corrected chi connectivity index (χ3v) is 3.72. The zero-order valence-corrected chi connectivity index (χ0v) is 13.3. The SMILES string of the molecule is Cc1cc(C(=O)O)cc(C(=O)NCCCOCC2CCOC2)c1. The number of nitrogens with one attached hydrogen (secondary N) is 1. The van der Waals surface area contributed by atoms with Crippen LogP contribution in [0.15, 0.2) is 18.2 Å². The minimum atomic E-state index is -1.04. The molecule has 126 valence electrons. The Labute approximate surface area is 135 Å². The monoisotopic (exact) mass is 321 g/mol. The number of rotatable bonds is 8. The molecule has 1 atom stereocenters. The maximum absolute atomic E-state index is 12.1. The summed E-state index contributed by atoms with van der Waals surface area (Å²) in [7, 11) is 0. The molecule has 1 aromatic carbocycles. The molecule has 0 radical (unpaired) electrons. The van der Waals surface area contributed by atoms with Crippen LogP contribution in [0, 0.1) is 12.8 Å². The van der Waals surface area contributed by atoms with Gasteiger partial charge in [-0.15, -0.1) is 0 Å². The number of ether oxygens (including phenoxy) is 2. The number of carboxylic acid groups (broad SMARTS) is 1. The number of hydrogen-bond acceptors (Lipinski definition) is 4. The summed E-state index contributed by atoms with van der Waals surface area (Å²) in [6.07, 6.45) is 1.77. The van der Waals surface area contributed by atoms with E-state index in [9.17, 15) is 9.59 Å². The molecule has 1 aromatic rings. The summed E-state index contributed by atoms with van der Waals surface area (Å²) in [4.78, 5) is 23.1. The average molecular weight is 321 g/mol. The summed E-state index contributed by atoms with van der Waals surface area (Å²) >= 11 is 0. The number of benzene rings is 1. The molecule has 6 heteroatoms. The number of hydrogen-bond donors (Lipinski definition) is 2. The highest BCUT2D eigenvalue weighted by atomic mass is 16.5. The fourth-order valence-electron chi connectivity index (χ4n) is 2.48. The lowest BCUT2D eigenvalue weighted by molar-refractivity contribution is 0.0696. The Morgan fingerprint density at radius 2 is 2.13 bits per heavy atom. The van der Waals surface area contributed by atoms with E-state index in [0.717, 1.165) is 31.6 Å². The molecule has 0 saturated carbocycles. The number of amides is 1. The second-order valence-electron chi connectivity index (χ2n) is 5.81. The van der Waals surface area contributed by atoms with Gasteiger partial charge in [-0.2, -0.15) is 0 Å². The van der Waals surface area contributed by atoms with Gasteiger partial charge in [0, 0.05) is 31.2 Å². The summed E-state index contributed by atoms with van der Waals surface area (Å²) in [6, 6.07) is 4.61. The van der Waals surface area contributed by atoms with Crippen LogP contribution in [0.5, 0.6) is 0 Å². The van der Waals surface area contributed by atoms with E-state index in [1.165, 1.54) is 6.07 Å². The van der Waals surface area contributed by atoms with Crippen molar-refractivity contribution in [2.24, 2.45) is 5.92 Å². The standard InChI is InChI=1S/C17H23NO5/c1-12-7-14(9-15(8-12)17(20)21)16(19)18-4-2-5-22-10-13-3-6-23-11-13/h7-9,13H,2-6,10-11H2,1H3,(H,18,19)(H,20,21). The molecule has 2 rings (SSSR count). The molecule has 1 aliphatic rings. The third kappa shape index (κ3) is 5.65. The lowest BCUT2D eigenvalue weighted by atomic mass is 10.1. The van der Waals surface area contributed by atoms with E-state index < -0.39 is 5.97 Å². The first-order valence-electron chi connectivity index (χ1n) is 7.85. The third-order valence-electron chi connectivity index (χ3n) is 3.72. The molecule has 0 bridgehead atoms. The largest absolute Gasteiger partial charge is 0.478 e. The molecular weight excluding hydrogens is 298 g/mol. The fourth-order valence-corrected chi connectivity index (χ4v) is 2.48. The molecule has 0 aromatic heterocycles. The molecule has 1 aliphatic heterocycles. The summed E-state index contributed by atoms with van der Waals surface area (Å²) in [5, 5.41) is 11.8. The van der Waals surface area contributed by atoms with Crippen molar-refractivity contribution in [3.63, 3.8) is 0 Å². The van der Waals surface area contributed by atoms with Crippen LogP contribution in [0.4, 0.5) is 0 Å². The zero-order chi connectivity index (χ0) is 16.7. The lowest BCUT2D eigenvalue weighted by Gasteiger charge is -2.10. The van der Waals surface area contributed by atoms with Gasteiger partial charge in [0.25, 0.3) is 5.91 Å². The van der Waals surface area contributed by atoms with Gasteiger partial charge in [-0.25, -0.2) is 4.79 Å². The van der Waals surface area contributed by atoms with Gasteiger partial charge in [0.15, 0.2) is 0 Å². The van der Waals surface area contributed by atoms with Crippen molar-refractivity contribution in [3.05, 3.63) is 34.9 Å². The number of aryl methyl sites for hydroxylation is 1. The molecule has 6 nitrogen and oxygen atoms in total. The average Bonchev–Trinajstić information content (AvgIpc) is 3.03. The molecular formula is C17H23NO5. The van der Waals surface area contributed by atoms with Crippen LogP contribution in [0.3, 0.4) is 0 Å². The molecule has 2 N–H and O–H groups in total. The molecule has 0 aliphatic carbocycles. The predicted octanol–water partition coefficient (Wildman–Crippen LogP) is 1.87. The van der Waals surface area contributed by atoms with E-state index in [1.54, 1.807) is 19.1 Å². The smallest absolute Gasteiger partial charge is 0.335 e. The van der Waals surface area contributed by atoms with Crippen molar-refractivity contribution in [2.45, 2.75) is 19.8 Å². The van der Waals surface area contributed by atoms with E-state index in [1.807, 2.05) is 0 Å². The van der Waals surface area contributed by atoms with Gasteiger partial charge >= 0.3 is 5.97 Å². The molecule has 0 spiro atoms. The van der Waals surface area contributed by atoms with Gasteiger partial charge in [0.2, 0.25) is 0 Å². The minimum absolute atomic E-state index is 0.122. The number of carboxylic acids is 1. The van der Waals surface area contributed by atoms with E-state index in [-0.39, 0.29) is 11.5 Å². The van der Waals surface area contributed by atoms with Gasteiger partial charge < -0.3 is 19.9 Å². The van der Waals surface area contributed by atoms with Gasteiger partial charge in [-0.05, 0) is 43.5 Å². The summed E-state index contributed by atoms with van der Waals surface area (Å²) in [5.41, 5.74) is 1.24. The molecule has 1 heterocycles. The van der Waals surface area contributed by atoms with Crippen LogP contribution in [0.1, 0.15) is 39.1 Å². The minimum Gasteiger partial charge on any atom is -0.478 e. The first-order chi connectivity index (χ1) is 11.1. The lowest BCUT2D eigenvalue weighted by Crippen LogP contribution is -2.26. The van der Waals surface area contributed by atoms with Crippen molar-refractivity contribution >= 4 is 11.9 Å². The molecule has 1 unspecified atom stereocenters. The Hall–Kier alpha value is -1.92. The normalized spacial score (nSPS) is 17.2. The van der Waals surface area contributed by atoms with Gasteiger partial charge in [0.05, 0.1) is 18.8 Å². The Morgan fingerprint density at radius 3 is 2.83 bits per heavy atom. The van der Waals surface area contributed by atoms with Crippen LogP contribution in [0.25, 0.3) is 0 Å². The topological polar surface area (TPSA) is 84.9 Å². The van der Waals surface area contributed by atoms with Crippen LogP contribution in [-0.4, -0.2) is 50.0 Å². The molecule has 23 heavy (non-hydrogen) atoms. The second kappa shape index (κ2) is 8.64. The van der Waals surface area contributed by atoms with Crippen molar-refractivity contribution < 1.29 is 24.2 Å². The summed E-state index contributed by atoms with van der Waals surface area (Å²) in [6.45, 7) is 5.15. The van der Waals surface area contributed by atoms with Crippen LogP contribution in [0.2, 0.25) is 0 Å². The first kappa shape index (κ1) is 17.4.